The van der Waals surface area contributed by atoms with Gasteiger partial charge in [0.2, 0.25) is 5.91 Å². The SMILES string of the molecule is C[C@H](NC(=O)C1CCOCC1)c1ccncc1. The van der Waals surface area contributed by atoms with Crippen molar-refractivity contribution in [1.29, 1.82) is 0 Å². The number of ether oxygens (including phenoxy) is 1. The second-order valence-electron chi connectivity index (χ2n) is 4.40. The maximum Gasteiger partial charge on any atom is 0.223 e. The van der Waals surface area contributed by atoms with E-state index in [1.54, 1.807) is 12.4 Å². The Morgan fingerprint density at radius 2 is 2.06 bits per heavy atom. The zero-order valence-electron chi connectivity index (χ0n) is 10.1. The van der Waals surface area contributed by atoms with Crippen LogP contribution in [0.5, 0.6) is 0 Å². The molecule has 0 saturated carbocycles. The van der Waals surface area contributed by atoms with Crippen molar-refractivity contribution in [3.63, 3.8) is 0 Å². The van der Waals surface area contributed by atoms with Crippen LogP contribution in [0.3, 0.4) is 0 Å². The van der Waals surface area contributed by atoms with Crippen molar-refractivity contribution in [2.45, 2.75) is 25.8 Å². The highest BCUT2D eigenvalue weighted by Crippen LogP contribution is 2.17. The van der Waals surface area contributed by atoms with Crippen LogP contribution in [0.4, 0.5) is 0 Å². The minimum absolute atomic E-state index is 0.0355. The molecule has 1 fully saturated rings. The summed E-state index contributed by atoms with van der Waals surface area (Å²) in [5.41, 5.74) is 1.08. The molecular formula is C13H18N2O2. The van der Waals surface area contributed by atoms with Crippen molar-refractivity contribution in [3.05, 3.63) is 30.1 Å². The topological polar surface area (TPSA) is 51.2 Å². The molecular weight excluding hydrogens is 216 g/mol. The van der Waals surface area contributed by atoms with Gasteiger partial charge in [0.05, 0.1) is 6.04 Å². The summed E-state index contributed by atoms with van der Waals surface area (Å²) in [5.74, 6) is 0.241. The summed E-state index contributed by atoms with van der Waals surface area (Å²) < 4.78 is 5.25. The number of rotatable bonds is 3. The molecule has 2 rings (SSSR count). The summed E-state index contributed by atoms with van der Waals surface area (Å²) in [6.45, 7) is 3.38. The van der Waals surface area contributed by atoms with Crippen molar-refractivity contribution >= 4 is 5.91 Å². The first-order chi connectivity index (χ1) is 8.27. The zero-order chi connectivity index (χ0) is 12.1. The molecule has 0 unspecified atom stereocenters. The third kappa shape index (κ3) is 3.27. The Bertz CT molecular complexity index is 361. The molecule has 0 bridgehead atoms. The normalized spacial score (nSPS) is 18.6. The molecule has 0 aliphatic carbocycles. The Morgan fingerprint density at radius 1 is 1.41 bits per heavy atom. The summed E-state index contributed by atoms with van der Waals surface area (Å²) in [6, 6.07) is 3.89. The van der Waals surface area contributed by atoms with E-state index in [0.29, 0.717) is 13.2 Å². The molecule has 1 aromatic rings. The molecule has 1 aliphatic rings. The number of aromatic nitrogens is 1. The van der Waals surface area contributed by atoms with Crippen molar-refractivity contribution < 1.29 is 9.53 Å². The van der Waals surface area contributed by atoms with Gasteiger partial charge in [0, 0.05) is 31.5 Å². The monoisotopic (exact) mass is 234 g/mol. The van der Waals surface area contributed by atoms with Crippen LogP contribution in [-0.4, -0.2) is 24.1 Å². The predicted octanol–water partition coefficient (Wildman–Crippen LogP) is 1.69. The molecule has 17 heavy (non-hydrogen) atoms. The van der Waals surface area contributed by atoms with Gasteiger partial charge in [-0.2, -0.15) is 0 Å². The van der Waals surface area contributed by atoms with E-state index < -0.39 is 0 Å². The van der Waals surface area contributed by atoms with E-state index in [2.05, 4.69) is 10.3 Å². The van der Waals surface area contributed by atoms with Crippen LogP contribution >= 0.6 is 0 Å². The fraction of sp³-hybridized carbons (Fsp3) is 0.538. The van der Waals surface area contributed by atoms with Gasteiger partial charge in [0.15, 0.2) is 0 Å². The Balaban J connectivity index is 1.89. The lowest BCUT2D eigenvalue weighted by molar-refractivity contribution is -0.128. The Morgan fingerprint density at radius 3 is 2.71 bits per heavy atom. The quantitative estimate of drug-likeness (QED) is 0.865. The first-order valence-corrected chi connectivity index (χ1v) is 6.05. The second kappa shape index (κ2) is 5.77. The molecule has 92 valence electrons. The predicted molar refractivity (Wildman–Crippen MR) is 64.3 cm³/mol. The first kappa shape index (κ1) is 12.0. The van der Waals surface area contributed by atoms with Crippen LogP contribution in [-0.2, 0) is 9.53 Å². The Kier molecular flexibility index (Phi) is 4.09. The van der Waals surface area contributed by atoms with Gasteiger partial charge in [0.25, 0.3) is 0 Å². The third-order valence-electron chi connectivity index (χ3n) is 3.16. The lowest BCUT2D eigenvalue weighted by atomic mass is 9.98. The Labute approximate surface area is 101 Å². The average Bonchev–Trinajstić information content (AvgIpc) is 2.40. The van der Waals surface area contributed by atoms with E-state index in [0.717, 1.165) is 18.4 Å². The van der Waals surface area contributed by atoms with Crippen LogP contribution in [0.2, 0.25) is 0 Å². The second-order valence-corrected chi connectivity index (χ2v) is 4.40. The van der Waals surface area contributed by atoms with Crippen LogP contribution in [0.1, 0.15) is 31.4 Å². The van der Waals surface area contributed by atoms with Gasteiger partial charge in [-0.15, -0.1) is 0 Å². The minimum Gasteiger partial charge on any atom is -0.381 e. The van der Waals surface area contributed by atoms with Gasteiger partial charge in [-0.25, -0.2) is 0 Å². The molecule has 1 N–H and O–H groups in total. The molecule has 0 spiro atoms. The summed E-state index contributed by atoms with van der Waals surface area (Å²) in [7, 11) is 0. The number of carbonyl (C=O) groups is 1. The first-order valence-electron chi connectivity index (χ1n) is 6.05. The zero-order valence-corrected chi connectivity index (χ0v) is 10.1. The van der Waals surface area contributed by atoms with Gasteiger partial charge >= 0.3 is 0 Å². The van der Waals surface area contributed by atoms with Gasteiger partial charge in [-0.1, -0.05) is 0 Å². The average molecular weight is 234 g/mol. The molecule has 4 heteroatoms. The van der Waals surface area contributed by atoms with Crippen molar-refractivity contribution in [2.24, 2.45) is 5.92 Å². The van der Waals surface area contributed by atoms with Crippen molar-refractivity contribution in [3.8, 4) is 0 Å². The molecule has 0 aromatic carbocycles. The summed E-state index contributed by atoms with van der Waals surface area (Å²) >= 11 is 0. The fourth-order valence-corrected chi connectivity index (χ4v) is 2.03. The van der Waals surface area contributed by atoms with Gasteiger partial charge in [-0.3, -0.25) is 9.78 Å². The molecule has 1 amide bonds. The molecule has 1 saturated heterocycles. The van der Waals surface area contributed by atoms with Crippen molar-refractivity contribution in [1.82, 2.24) is 10.3 Å². The third-order valence-corrected chi connectivity index (χ3v) is 3.16. The fourth-order valence-electron chi connectivity index (χ4n) is 2.03. The standard InChI is InChI=1S/C13H18N2O2/c1-10(11-2-6-14-7-3-11)15-13(16)12-4-8-17-9-5-12/h2-3,6-7,10,12H,4-5,8-9H2,1H3,(H,15,16)/t10-/m0/s1. The lowest BCUT2D eigenvalue weighted by Gasteiger charge is -2.23. The largest absolute Gasteiger partial charge is 0.381 e. The number of hydrogen-bond acceptors (Lipinski definition) is 3. The van der Waals surface area contributed by atoms with E-state index >= 15 is 0 Å². The number of amides is 1. The molecule has 0 radical (unpaired) electrons. The highest BCUT2D eigenvalue weighted by molar-refractivity contribution is 5.79. The lowest BCUT2D eigenvalue weighted by Crippen LogP contribution is -2.35. The van der Waals surface area contributed by atoms with Crippen LogP contribution < -0.4 is 5.32 Å². The maximum absolute atomic E-state index is 12.0. The van der Waals surface area contributed by atoms with E-state index in [1.807, 2.05) is 19.1 Å². The summed E-state index contributed by atoms with van der Waals surface area (Å²) in [4.78, 5) is 16.0. The van der Waals surface area contributed by atoms with Crippen molar-refractivity contribution in [2.75, 3.05) is 13.2 Å². The summed E-state index contributed by atoms with van der Waals surface area (Å²) in [6.07, 6.45) is 5.14. The van der Waals surface area contributed by atoms with Crippen LogP contribution in [0.15, 0.2) is 24.5 Å². The number of pyridine rings is 1. The number of nitrogens with zero attached hydrogens (tertiary/aromatic N) is 1. The summed E-state index contributed by atoms with van der Waals surface area (Å²) in [5, 5.41) is 3.04. The molecule has 4 nitrogen and oxygen atoms in total. The maximum atomic E-state index is 12.0. The number of carbonyl (C=O) groups excluding carboxylic acids is 1. The molecule has 1 aliphatic heterocycles. The highest BCUT2D eigenvalue weighted by atomic mass is 16.5. The molecule has 1 atom stereocenters. The number of nitrogens with one attached hydrogen (secondary N) is 1. The van der Waals surface area contributed by atoms with Crippen LogP contribution in [0, 0.1) is 5.92 Å². The number of hydrogen-bond donors (Lipinski definition) is 1. The Hall–Kier alpha value is -1.42. The highest BCUT2D eigenvalue weighted by Gasteiger charge is 2.22. The van der Waals surface area contributed by atoms with Gasteiger partial charge in [0.1, 0.15) is 0 Å². The van der Waals surface area contributed by atoms with E-state index in [1.165, 1.54) is 0 Å². The molecule has 2 heterocycles. The van der Waals surface area contributed by atoms with E-state index in [9.17, 15) is 4.79 Å². The van der Waals surface area contributed by atoms with Crippen LogP contribution in [0.25, 0.3) is 0 Å². The van der Waals surface area contributed by atoms with Gasteiger partial charge in [-0.05, 0) is 37.5 Å². The van der Waals surface area contributed by atoms with E-state index in [4.69, 9.17) is 4.74 Å². The smallest absolute Gasteiger partial charge is 0.223 e. The van der Waals surface area contributed by atoms with Gasteiger partial charge < -0.3 is 10.1 Å². The molecule has 1 aromatic heterocycles. The minimum atomic E-state index is 0.0355. The van der Waals surface area contributed by atoms with E-state index in [-0.39, 0.29) is 17.9 Å².